The van der Waals surface area contributed by atoms with E-state index in [9.17, 15) is 14.4 Å². The molecule has 0 bridgehead atoms. The van der Waals surface area contributed by atoms with Gasteiger partial charge in [-0.2, -0.15) is 0 Å². The van der Waals surface area contributed by atoms with E-state index in [0.717, 1.165) is 0 Å². The summed E-state index contributed by atoms with van der Waals surface area (Å²) >= 11 is 2.66. The van der Waals surface area contributed by atoms with Crippen molar-refractivity contribution in [2.75, 3.05) is 16.8 Å². The van der Waals surface area contributed by atoms with Crippen molar-refractivity contribution in [2.45, 2.75) is 10.8 Å². The number of nitrogens with two attached hydrogens (primary N) is 1. The molecular weight excluding hydrogens is 338 g/mol. The lowest BCUT2D eigenvalue weighted by Crippen LogP contribution is -2.19. The number of carbonyl (C=O) groups is 3. The van der Waals surface area contributed by atoms with Gasteiger partial charge < -0.3 is 11.1 Å². The first-order chi connectivity index (χ1) is 11.0. The van der Waals surface area contributed by atoms with Gasteiger partial charge in [0.15, 0.2) is 4.34 Å². The Bertz CT molecular complexity index is 805. The Labute approximate surface area is 138 Å². The van der Waals surface area contributed by atoms with E-state index < -0.39 is 11.8 Å². The van der Waals surface area contributed by atoms with Gasteiger partial charge in [-0.1, -0.05) is 23.1 Å². The van der Waals surface area contributed by atoms with Crippen LogP contribution in [0.1, 0.15) is 27.1 Å². The van der Waals surface area contributed by atoms with Crippen molar-refractivity contribution in [3.63, 3.8) is 0 Å². The molecule has 1 aromatic carbocycles. The van der Waals surface area contributed by atoms with Crippen LogP contribution in [0.5, 0.6) is 0 Å². The van der Waals surface area contributed by atoms with Gasteiger partial charge in [-0.15, -0.1) is 10.2 Å². The average Bonchev–Trinajstić information content (AvgIpc) is 3.03. The Morgan fingerprint density at radius 2 is 2.04 bits per heavy atom. The molecule has 8 nitrogen and oxygen atoms in total. The number of carbonyl (C=O) groups excluding carboxylic acids is 3. The van der Waals surface area contributed by atoms with Gasteiger partial charge in [0.1, 0.15) is 0 Å². The highest BCUT2D eigenvalue weighted by Crippen LogP contribution is 2.24. The number of anilines is 2. The number of nitrogens with zero attached hydrogens (tertiary/aromatic N) is 2. The highest BCUT2D eigenvalue weighted by molar-refractivity contribution is 8.01. The molecular formula is C13H11N5O3S2. The predicted octanol–water partition coefficient (Wildman–Crippen LogP) is 1.12. The normalized spacial score (nSPS) is 12.9. The third-order valence-electron chi connectivity index (χ3n) is 3.00. The Morgan fingerprint density at radius 1 is 1.26 bits per heavy atom. The van der Waals surface area contributed by atoms with Crippen molar-refractivity contribution < 1.29 is 14.4 Å². The molecule has 0 atom stereocenters. The molecule has 0 saturated carbocycles. The maximum absolute atomic E-state index is 11.9. The SMILES string of the molecule is Nc1nnc(SCCC(=O)Nc2ccc3c(c2)C(=O)NC3=O)s1. The molecule has 118 valence electrons. The van der Waals surface area contributed by atoms with Crippen molar-refractivity contribution in [1.29, 1.82) is 0 Å². The highest BCUT2D eigenvalue weighted by Gasteiger charge is 2.26. The van der Waals surface area contributed by atoms with Gasteiger partial charge in [0.05, 0.1) is 11.1 Å². The van der Waals surface area contributed by atoms with E-state index in [-0.39, 0.29) is 17.9 Å². The first-order valence-corrected chi connectivity index (χ1v) is 8.34. The van der Waals surface area contributed by atoms with Gasteiger partial charge in [-0.05, 0) is 18.2 Å². The van der Waals surface area contributed by atoms with Gasteiger partial charge in [-0.3, -0.25) is 19.7 Å². The minimum absolute atomic E-state index is 0.195. The number of hydrogen-bond acceptors (Lipinski definition) is 8. The number of rotatable bonds is 5. The summed E-state index contributed by atoms with van der Waals surface area (Å²) in [5, 5.41) is 12.8. The number of aromatic nitrogens is 2. The Balaban J connectivity index is 1.55. The number of nitrogen functional groups attached to an aromatic ring is 1. The third kappa shape index (κ3) is 3.48. The lowest BCUT2D eigenvalue weighted by molar-refractivity contribution is -0.115. The minimum atomic E-state index is -0.453. The van der Waals surface area contributed by atoms with Gasteiger partial charge in [-0.25, -0.2) is 0 Å². The van der Waals surface area contributed by atoms with Crippen molar-refractivity contribution >= 4 is 51.6 Å². The molecule has 10 heteroatoms. The second kappa shape index (κ2) is 6.34. The molecule has 0 unspecified atom stereocenters. The second-order valence-electron chi connectivity index (χ2n) is 4.60. The summed E-state index contributed by atoms with van der Waals surface area (Å²) in [6.07, 6.45) is 0.270. The second-order valence-corrected chi connectivity index (χ2v) is 6.95. The van der Waals surface area contributed by atoms with E-state index in [1.165, 1.54) is 35.2 Å². The van der Waals surface area contributed by atoms with E-state index in [4.69, 9.17) is 5.73 Å². The molecule has 0 fully saturated rings. The van der Waals surface area contributed by atoms with Crippen LogP contribution in [-0.4, -0.2) is 33.7 Å². The van der Waals surface area contributed by atoms with Gasteiger partial charge in [0, 0.05) is 17.9 Å². The quantitative estimate of drug-likeness (QED) is 0.545. The molecule has 4 N–H and O–H groups in total. The monoisotopic (exact) mass is 349 g/mol. The van der Waals surface area contributed by atoms with Crippen LogP contribution < -0.4 is 16.4 Å². The number of nitrogens with one attached hydrogen (secondary N) is 2. The molecule has 0 saturated heterocycles. The standard InChI is InChI=1S/C13H11N5O3S2/c14-12-17-18-13(23-12)22-4-3-9(19)15-6-1-2-7-8(5-6)11(21)16-10(7)20/h1-2,5H,3-4H2,(H2,14,17)(H,15,19)(H,16,20,21). The maximum Gasteiger partial charge on any atom is 0.259 e. The summed E-state index contributed by atoms with van der Waals surface area (Å²) in [7, 11) is 0. The summed E-state index contributed by atoms with van der Waals surface area (Å²) in [5.41, 5.74) is 6.54. The summed E-state index contributed by atoms with van der Waals surface area (Å²) in [6, 6.07) is 4.60. The molecule has 3 amide bonds. The van der Waals surface area contributed by atoms with Crippen LogP contribution in [0.15, 0.2) is 22.5 Å². The first kappa shape index (κ1) is 15.4. The molecule has 1 aliphatic rings. The van der Waals surface area contributed by atoms with Gasteiger partial charge in [0.25, 0.3) is 11.8 Å². The average molecular weight is 349 g/mol. The molecule has 1 aromatic heterocycles. The number of imide groups is 1. The molecule has 23 heavy (non-hydrogen) atoms. The fraction of sp³-hybridized carbons (Fsp3) is 0.154. The predicted molar refractivity (Wildman–Crippen MR) is 86.5 cm³/mol. The van der Waals surface area contributed by atoms with Gasteiger partial charge >= 0.3 is 0 Å². The largest absolute Gasteiger partial charge is 0.374 e. The van der Waals surface area contributed by atoms with Crippen LogP contribution in [0.4, 0.5) is 10.8 Å². The van der Waals surface area contributed by atoms with Crippen LogP contribution in [0.3, 0.4) is 0 Å². The van der Waals surface area contributed by atoms with Crippen LogP contribution in [-0.2, 0) is 4.79 Å². The number of thioether (sulfide) groups is 1. The molecule has 0 aliphatic carbocycles. The summed E-state index contributed by atoms with van der Waals surface area (Å²) < 4.78 is 0.711. The Hall–Kier alpha value is -2.46. The van der Waals surface area contributed by atoms with E-state index in [0.29, 0.717) is 26.5 Å². The third-order valence-corrected chi connectivity index (χ3v) is 4.88. The zero-order valence-electron chi connectivity index (χ0n) is 11.7. The highest BCUT2D eigenvalue weighted by atomic mass is 32.2. The van der Waals surface area contributed by atoms with E-state index in [2.05, 4.69) is 20.8 Å². The van der Waals surface area contributed by atoms with Crippen molar-refractivity contribution in [1.82, 2.24) is 15.5 Å². The Kier molecular flexibility index (Phi) is 4.26. The van der Waals surface area contributed by atoms with Crippen molar-refractivity contribution in [3.05, 3.63) is 29.3 Å². The lowest BCUT2D eigenvalue weighted by atomic mass is 10.1. The number of hydrogen-bond donors (Lipinski definition) is 3. The molecule has 0 spiro atoms. The number of fused-ring (bicyclic) bond motifs is 1. The fourth-order valence-electron chi connectivity index (χ4n) is 1.98. The van der Waals surface area contributed by atoms with E-state index in [1.807, 2.05) is 0 Å². The molecule has 1 aliphatic heterocycles. The smallest absolute Gasteiger partial charge is 0.259 e. The van der Waals surface area contributed by atoms with Crippen molar-refractivity contribution in [2.24, 2.45) is 0 Å². The topological polar surface area (TPSA) is 127 Å². The fourth-order valence-corrected chi connectivity index (χ4v) is 3.62. The Morgan fingerprint density at radius 3 is 2.78 bits per heavy atom. The van der Waals surface area contributed by atoms with Crippen LogP contribution >= 0.6 is 23.1 Å². The van der Waals surface area contributed by atoms with E-state index in [1.54, 1.807) is 6.07 Å². The number of amides is 3. The summed E-state index contributed by atoms with van der Waals surface area (Å²) in [5.74, 6) is -0.537. The minimum Gasteiger partial charge on any atom is -0.374 e. The molecule has 2 aromatic rings. The summed E-state index contributed by atoms with van der Waals surface area (Å²) in [4.78, 5) is 34.9. The summed E-state index contributed by atoms with van der Waals surface area (Å²) in [6.45, 7) is 0. The van der Waals surface area contributed by atoms with Crippen LogP contribution in [0, 0.1) is 0 Å². The number of benzene rings is 1. The van der Waals surface area contributed by atoms with E-state index >= 15 is 0 Å². The molecule has 0 radical (unpaired) electrons. The zero-order chi connectivity index (χ0) is 16.4. The molecule has 2 heterocycles. The lowest BCUT2D eigenvalue weighted by Gasteiger charge is -2.05. The van der Waals surface area contributed by atoms with Gasteiger partial charge in [0.2, 0.25) is 11.0 Å². The molecule has 3 rings (SSSR count). The first-order valence-electron chi connectivity index (χ1n) is 6.54. The van der Waals surface area contributed by atoms with Crippen molar-refractivity contribution in [3.8, 4) is 0 Å². The maximum atomic E-state index is 11.9. The zero-order valence-corrected chi connectivity index (χ0v) is 13.3. The van der Waals surface area contributed by atoms with Crippen LogP contribution in [0.2, 0.25) is 0 Å². The van der Waals surface area contributed by atoms with Crippen LogP contribution in [0.25, 0.3) is 0 Å².